The fraction of sp³-hybridized carbons (Fsp3) is 0.414. The number of nitrogens with zero attached hydrogens (tertiary/aromatic N) is 4. The van der Waals surface area contributed by atoms with Crippen LogP contribution in [0.3, 0.4) is 0 Å². The van der Waals surface area contributed by atoms with Gasteiger partial charge in [-0.05, 0) is 48.9 Å². The molecule has 5 rings (SSSR count). The number of anilines is 2. The van der Waals surface area contributed by atoms with E-state index in [2.05, 4.69) is 53.4 Å². The second-order valence-electron chi connectivity index (χ2n) is 11.9. The van der Waals surface area contributed by atoms with Crippen molar-refractivity contribution in [1.29, 1.82) is 5.26 Å². The Morgan fingerprint density at radius 1 is 1.27 bits per heavy atom. The summed E-state index contributed by atoms with van der Waals surface area (Å²) >= 11 is 6.72. The first-order chi connectivity index (χ1) is 19.3. The van der Waals surface area contributed by atoms with Crippen molar-refractivity contribution >= 4 is 33.9 Å². The van der Waals surface area contributed by atoms with Crippen LogP contribution in [0.4, 0.5) is 20.2 Å². The Labute approximate surface area is 242 Å². The van der Waals surface area contributed by atoms with E-state index in [0.717, 1.165) is 5.56 Å². The molecule has 9 nitrogen and oxygen atoms in total. The minimum absolute atomic E-state index is 0.0511. The van der Waals surface area contributed by atoms with Crippen molar-refractivity contribution in [1.82, 2.24) is 25.5 Å². The van der Waals surface area contributed by atoms with E-state index < -0.39 is 18.0 Å². The Kier molecular flexibility index (Phi) is 7.34. The van der Waals surface area contributed by atoms with Gasteiger partial charge < -0.3 is 20.6 Å². The number of fused-ring (bicyclic) bond motifs is 1. The first-order valence-electron chi connectivity index (χ1n) is 13.3. The van der Waals surface area contributed by atoms with Crippen molar-refractivity contribution < 1.29 is 8.78 Å². The minimum atomic E-state index is -2.52. The second-order valence-corrected chi connectivity index (χ2v) is 12.3. The van der Waals surface area contributed by atoms with Gasteiger partial charge in [0.1, 0.15) is 11.6 Å². The van der Waals surface area contributed by atoms with Crippen molar-refractivity contribution in [3.8, 4) is 6.07 Å². The fourth-order valence-electron chi connectivity index (χ4n) is 4.93. The van der Waals surface area contributed by atoms with Crippen LogP contribution in [0.1, 0.15) is 56.5 Å². The van der Waals surface area contributed by atoms with Gasteiger partial charge in [0.05, 0.1) is 33.5 Å². The zero-order valence-electron chi connectivity index (χ0n) is 23.6. The normalized spacial score (nSPS) is 16.8. The van der Waals surface area contributed by atoms with E-state index in [1.807, 2.05) is 13.0 Å². The summed E-state index contributed by atoms with van der Waals surface area (Å²) in [6, 6.07) is 8.46. The number of nitriles is 1. The van der Waals surface area contributed by atoms with Gasteiger partial charge in [-0.1, -0.05) is 32.4 Å². The molecule has 1 atom stereocenters. The summed E-state index contributed by atoms with van der Waals surface area (Å²) in [6.45, 7) is 8.72. The molecule has 0 radical (unpaired) electrons. The Hall–Kier alpha value is -3.88. The van der Waals surface area contributed by atoms with Gasteiger partial charge in [-0.25, -0.2) is 8.78 Å². The molecular weight excluding hydrogens is 550 g/mol. The number of hydrogen-bond donors (Lipinski definition) is 4. The number of alkyl halides is 2. The standard InChI is InChI=1S/C29H33ClF2N8O/c1-16-19(6-7-23(41)39(16)5)26(22-14-40(38-37-22)29(8-9-29)27(31)32)36-18-10-20-24(35-15-28(2,3)4)17(12-33)13-34-25(20)21(30)11-18/h6-7,10-11,13-14,26-27,36-38H,8-9,15H2,1-5H3,(H,34,35)/t26-/m0/s1. The van der Waals surface area contributed by atoms with Crippen LogP contribution in [-0.4, -0.2) is 33.1 Å². The van der Waals surface area contributed by atoms with E-state index in [1.165, 1.54) is 21.8 Å². The molecule has 12 heteroatoms. The largest absolute Gasteiger partial charge is 0.383 e. The van der Waals surface area contributed by atoms with Crippen LogP contribution in [0.2, 0.25) is 5.02 Å². The zero-order valence-corrected chi connectivity index (χ0v) is 24.3. The summed E-state index contributed by atoms with van der Waals surface area (Å²) in [5.41, 5.74) is 8.73. The van der Waals surface area contributed by atoms with Crippen LogP contribution >= 0.6 is 11.6 Å². The third-order valence-corrected chi connectivity index (χ3v) is 7.96. The minimum Gasteiger partial charge on any atom is -0.383 e. The highest BCUT2D eigenvalue weighted by Gasteiger charge is 2.56. The lowest BCUT2D eigenvalue weighted by Gasteiger charge is -2.25. The molecule has 1 aromatic carbocycles. The zero-order chi connectivity index (χ0) is 29.7. The van der Waals surface area contributed by atoms with Gasteiger partial charge >= 0.3 is 0 Å². The number of aromatic nitrogens is 2. The van der Waals surface area contributed by atoms with Crippen molar-refractivity contribution in [2.45, 2.75) is 58.5 Å². The van der Waals surface area contributed by atoms with Gasteiger partial charge in [-0.2, -0.15) is 5.26 Å². The summed E-state index contributed by atoms with van der Waals surface area (Å²) in [5.74, 6) is 0. The number of pyridine rings is 2. The van der Waals surface area contributed by atoms with E-state index in [-0.39, 0.29) is 11.0 Å². The first-order valence-corrected chi connectivity index (χ1v) is 13.7. The third-order valence-electron chi connectivity index (χ3n) is 7.67. The van der Waals surface area contributed by atoms with E-state index in [0.29, 0.717) is 63.6 Å². The topological polar surface area (TPSA) is 110 Å². The van der Waals surface area contributed by atoms with Gasteiger partial charge in [0.15, 0.2) is 0 Å². The molecule has 1 saturated carbocycles. The average Bonchev–Trinajstić information content (AvgIpc) is 3.59. The van der Waals surface area contributed by atoms with Crippen LogP contribution in [0.15, 0.2) is 47.2 Å². The summed E-state index contributed by atoms with van der Waals surface area (Å²) in [6.07, 6.45) is 1.39. The number of halogens is 3. The first kappa shape index (κ1) is 28.6. The molecule has 41 heavy (non-hydrogen) atoms. The molecule has 0 unspecified atom stereocenters. The fourth-order valence-corrected chi connectivity index (χ4v) is 5.19. The quantitative estimate of drug-likeness (QED) is 0.282. The highest BCUT2D eigenvalue weighted by atomic mass is 35.5. The smallest absolute Gasteiger partial charge is 0.262 e. The highest BCUT2D eigenvalue weighted by Crippen LogP contribution is 2.47. The van der Waals surface area contributed by atoms with E-state index >= 15 is 0 Å². The number of hydrogen-bond acceptors (Lipinski definition) is 8. The van der Waals surface area contributed by atoms with Crippen molar-refractivity contribution in [2.24, 2.45) is 12.5 Å². The van der Waals surface area contributed by atoms with Crippen LogP contribution in [0.25, 0.3) is 10.9 Å². The molecule has 3 aromatic rings. The molecule has 4 N–H and O–H groups in total. The van der Waals surface area contributed by atoms with E-state index in [1.54, 1.807) is 25.4 Å². The van der Waals surface area contributed by atoms with Gasteiger partial charge in [0.25, 0.3) is 6.43 Å². The van der Waals surface area contributed by atoms with Crippen LogP contribution in [-0.2, 0) is 7.05 Å². The average molecular weight is 583 g/mol. The van der Waals surface area contributed by atoms with Crippen LogP contribution in [0, 0.1) is 23.7 Å². The Morgan fingerprint density at radius 3 is 2.63 bits per heavy atom. The summed E-state index contributed by atoms with van der Waals surface area (Å²) < 4.78 is 29.3. The lowest BCUT2D eigenvalue weighted by molar-refractivity contribution is 0.00911. The molecule has 1 aliphatic heterocycles. The molecule has 2 aliphatic rings. The Morgan fingerprint density at radius 2 is 2.00 bits per heavy atom. The van der Waals surface area contributed by atoms with Gasteiger partial charge in [-0.15, -0.1) is 5.53 Å². The molecule has 0 bridgehead atoms. The molecule has 0 amide bonds. The van der Waals surface area contributed by atoms with Gasteiger partial charge in [-0.3, -0.25) is 14.8 Å². The molecule has 1 aliphatic carbocycles. The highest BCUT2D eigenvalue weighted by molar-refractivity contribution is 6.35. The van der Waals surface area contributed by atoms with Crippen LogP contribution < -0.4 is 27.2 Å². The Balaban J connectivity index is 1.60. The number of nitrogens with one attached hydrogen (secondary N) is 4. The maximum atomic E-state index is 13.9. The number of hydrazine groups is 2. The lowest BCUT2D eigenvalue weighted by Crippen LogP contribution is -2.48. The van der Waals surface area contributed by atoms with Crippen molar-refractivity contribution in [2.75, 3.05) is 17.2 Å². The molecular formula is C29H33ClF2N8O. The van der Waals surface area contributed by atoms with Crippen molar-refractivity contribution in [3.63, 3.8) is 0 Å². The van der Waals surface area contributed by atoms with E-state index in [4.69, 9.17) is 11.6 Å². The Bertz CT molecular complexity index is 1630. The van der Waals surface area contributed by atoms with Gasteiger partial charge in [0, 0.05) is 48.8 Å². The van der Waals surface area contributed by atoms with Crippen LogP contribution in [0.5, 0.6) is 0 Å². The monoisotopic (exact) mass is 582 g/mol. The third kappa shape index (κ3) is 5.42. The van der Waals surface area contributed by atoms with Gasteiger partial charge in [0.2, 0.25) is 5.56 Å². The second kappa shape index (κ2) is 10.5. The summed E-state index contributed by atoms with van der Waals surface area (Å²) in [5, 5.41) is 19.2. The number of benzene rings is 1. The SMILES string of the molecule is Cc1c([C@H](Nc2cc(Cl)c3ncc(C#N)c(NCC(C)(C)C)c3c2)C2=CN(C3(C(F)F)CC3)NN2)ccc(=O)n1C. The molecule has 3 heterocycles. The maximum absolute atomic E-state index is 13.9. The molecule has 0 saturated heterocycles. The maximum Gasteiger partial charge on any atom is 0.262 e. The van der Waals surface area contributed by atoms with E-state index in [9.17, 15) is 18.8 Å². The molecule has 2 aromatic heterocycles. The predicted octanol–water partition coefficient (Wildman–Crippen LogP) is 5.34. The molecule has 1 fully saturated rings. The molecule has 0 spiro atoms. The van der Waals surface area contributed by atoms with Crippen molar-refractivity contribution in [3.05, 3.63) is 74.6 Å². The number of rotatable bonds is 8. The summed E-state index contributed by atoms with van der Waals surface area (Å²) in [7, 11) is 1.68. The molecule has 216 valence electrons. The lowest BCUT2D eigenvalue weighted by atomic mass is 9.96. The summed E-state index contributed by atoms with van der Waals surface area (Å²) in [4.78, 5) is 16.8. The predicted molar refractivity (Wildman–Crippen MR) is 156 cm³/mol.